The Hall–Kier alpha value is -1.88. The summed E-state index contributed by atoms with van der Waals surface area (Å²) < 4.78 is 46.2. The van der Waals surface area contributed by atoms with Crippen LogP contribution in [0.2, 0.25) is 0 Å². The normalized spacial score (nSPS) is 18.4. The summed E-state index contributed by atoms with van der Waals surface area (Å²) in [7, 11) is 1.48. The first-order valence-corrected chi connectivity index (χ1v) is 8.64. The summed E-state index contributed by atoms with van der Waals surface area (Å²) >= 11 is 1.04. The molecular weight excluding hydrogens is 359 g/mol. The highest BCUT2D eigenvalue weighted by Crippen LogP contribution is 2.34. The molecule has 3 rings (SSSR count). The average molecular weight is 377 g/mol. The summed E-state index contributed by atoms with van der Waals surface area (Å²) in [5.41, 5.74) is -1.13. The van der Waals surface area contributed by atoms with E-state index in [1.165, 1.54) is 16.5 Å². The van der Waals surface area contributed by atoms with Crippen LogP contribution in [0.15, 0.2) is 0 Å². The molecule has 1 saturated heterocycles. The number of imidazole rings is 1. The molecular formula is C14H18F3N5O2S. The molecule has 1 unspecified atom stereocenters. The maximum atomic E-state index is 13.3. The third kappa shape index (κ3) is 3.56. The van der Waals surface area contributed by atoms with Gasteiger partial charge in [-0.2, -0.15) is 18.3 Å². The number of nitrogens with zero attached hydrogens (tertiary/aromatic N) is 4. The number of halogens is 3. The Morgan fingerprint density at radius 1 is 1.44 bits per heavy atom. The number of amides is 2. The fourth-order valence-corrected chi connectivity index (χ4v) is 3.75. The van der Waals surface area contributed by atoms with E-state index in [0.29, 0.717) is 11.6 Å². The van der Waals surface area contributed by atoms with Crippen molar-refractivity contribution >= 4 is 22.3 Å². The highest BCUT2D eigenvalue weighted by Gasteiger charge is 2.40. The Balaban J connectivity index is 1.94. The van der Waals surface area contributed by atoms with Crippen LogP contribution in [0.4, 0.5) is 18.0 Å². The second-order valence-corrected chi connectivity index (χ2v) is 6.88. The van der Waals surface area contributed by atoms with Crippen LogP contribution in [-0.4, -0.2) is 45.2 Å². The van der Waals surface area contributed by atoms with Gasteiger partial charge in [0.15, 0.2) is 5.69 Å². The molecule has 0 radical (unpaired) electrons. The van der Waals surface area contributed by atoms with Crippen LogP contribution < -0.4 is 5.32 Å². The van der Waals surface area contributed by atoms with E-state index in [0.717, 1.165) is 24.2 Å². The number of nitrogens with one attached hydrogen (secondary N) is 1. The lowest BCUT2D eigenvalue weighted by atomic mass is 10.2. The average Bonchev–Trinajstić information content (AvgIpc) is 3.15. The fourth-order valence-electron chi connectivity index (χ4n) is 2.87. The van der Waals surface area contributed by atoms with Gasteiger partial charge in [0.1, 0.15) is 5.01 Å². The number of carbonyl (C=O) groups excluding carboxylic acids is 1. The number of carbonyl (C=O) groups is 1. The lowest BCUT2D eigenvalue weighted by Gasteiger charge is -2.15. The topological polar surface area (TPSA) is 71.8 Å². The van der Waals surface area contributed by atoms with E-state index < -0.39 is 11.9 Å². The molecule has 3 heterocycles. The highest BCUT2D eigenvalue weighted by molar-refractivity contribution is 7.16. The van der Waals surface area contributed by atoms with Gasteiger partial charge in [-0.15, -0.1) is 0 Å². The molecule has 0 aliphatic carbocycles. The molecule has 2 amide bonds. The van der Waals surface area contributed by atoms with Crippen molar-refractivity contribution in [3.05, 3.63) is 16.4 Å². The number of urea groups is 1. The molecule has 0 saturated carbocycles. The third-order valence-corrected chi connectivity index (χ3v) is 4.79. The zero-order chi connectivity index (χ0) is 18.2. The first kappa shape index (κ1) is 17.9. The monoisotopic (exact) mass is 377 g/mol. The van der Waals surface area contributed by atoms with Crippen molar-refractivity contribution in [1.29, 1.82) is 0 Å². The van der Waals surface area contributed by atoms with Gasteiger partial charge < -0.3 is 15.0 Å². The Morgan fingerprint density at radius 3 is 2.84 bits per heavy atom. The van der Waals surface area contributed by atoms with Crippen LogP contribution in [0.1, 0.15) is 36.2 Å². The van der Waals surface area contributed by atoms with Crippen LogP contribution in [0.25, 0.3) is 4.96 Å². The van der Waals surface area contributed by atoms with Gasteiger partial charge in [0, 0.05) is 19.7 Å². The molecule has 1 aliphatic rings. The van der Waals surface area contributed by atoms with Gasteiger partial charge in [0.25, 0.3) is 0 Å². The predicted octanol–water partition coefficient (Wildman–Crippen LogP) is 2.65. The maximum absolute atomic E-state index is 13.3. The second-order valence-electron chi connectivity index (χ2n) is 5.84. The van der Waals surface area contributed by atoms with Crippen LogP contribution in [0.5, 0.6) is 0 Å². The Bertz CT molecular complexity index is 772. The first-order valence-electron chi connectivity index (χ1n) is 7.82. The fraction of sp³-hybridized carbons (Fsp3) is 0.643. The molecule has 0 spiro atoms. The van der Waals surface area contributed by atoms with E-state index >= 15 is 0 Å². The lowest BCUT2D eigenvalue weighted by molar-refractivity contribution is -0.141. The zero-order valence-electron chi connectivity index (χ0n) is 13.8. The molecule has 0 aromatic carbocycles. The largest absolute Gasteiger partial charge is 0.435 e. The smallest absolute Gasteiger partial charge is 0.377 e. The molecule has 1 atom stereocenters. The number of alkyl halides is 3. The summed E-state index contributed by atoms with van der Waals surface area (Å²) in [5.74, 6) is 0. The van der Waals surface area contributed by atoms with Crippen molar-refractivity contribution in [2.45, 2.75) is 45.1 Å². The summed E-state index contributed by atoms with van der Waals surface area (Å²) in [4.78, 5) is 17.3. The molecule has 1 aliphatic heterocycles. The van der Waals surface area contributed by atoms with Crippen molar-refractivity contribution < 1.29 is 22.7 Å². The highest BCUT2D eigenvalue weighted by atomic mass is 32.1. The van der Waals surface area contributed by atoms with Crippen molar-refractivity contribution in [3.63, 3.8) is 0 Å². The van der Waals surface area contributed by atoms with E-state index in [4.69, 9.17) is 4.74 Å². The van der Waals surface area contributed by atoms with Gasteiger partial charge >= 0.3 is 12.2 Å². The molecule has 2 aromatic heterocycles. The Kier molecular flexibility index (Phi) is 4.87. The van der Waals surface area contributed by atoms with Crippen LogP contribution in [0.3, 0.4) is 0 Å². The number of fused-ring (bicyclic) bond motifs is 1. The van der Waals surface area contributed by atoms with Gasteiger partial charge in [-0.05, 0) is 6.42 Å². The standard InChI is InChI=1S/C14H18F3N5O2S/c1-3-4-8-5-21(12(23)18-8)6-9-11(14(15,16)17)19-13-22(9)20-10(25-13)7-24-2/h8H,3-7H2,1-2H3,(H,18,23). The molecule has 7 nitrogen and oxygen atoms in total. The minimum atomic E-state index is -4.61. The number of hydrogen-bond donors (Lipinski definition) is 1. The third-order valence-electron chi connectivity index (χ3n) is 3.91. The van der Waals surface area contributed by atoms with Gasteiger partial charge in [-0.25, -0.2) is 14.3 Å². The second kappa shape index (κ2) is 6.79. The molecule has 0 bridgehead atoms. The Labute approximate surface area is 145 Å². The quantitative estimate of drug-likeness (QED) is 0.840. The number of rotatable bonds is 6. The maximum Gasteiger partial charge on any atom is 0.435 e. The van der Waals surface area contributed by atoms with Gasteiger partial charge in [-0.3, -0.25) is 0 Å². The van der Waals surface area contributed by atoms with E-state index in [-0.39, 0.29) is 35.9 Å². The van der Waals surface area contributed by atoms with Gasteiger partial charge in [0.2, 0.25) is 4.96 Å². The van der Waals surface area contributed by atoms with E-state index in [9.17, 15) is 18.0 Å². The van der Waals surface area contributed by atoms with Crippen molar-refractivity contribution in [2.24, 2.45) is 0 Å². The molecule has 1 N–H and O–H groups in total. The number of hydrogen-bond acceptors (Lipinski definition) is 5. The van der Waals surface area contributed by atoms with Crippen LogP contribution in [0, 0.1) is 0 Å². The predicted molar refractivity (Wildman–Crippen MR) is 84.2 cm³/mol. The number of aromatic nitrogens is 3. The molecule has 11 heteroatoms. The minimum Gasteiger partial charge on any atom is -0.377 e. The minimum absolute atomic E-state index is 0.0465. The molecule has 2 aromatic rings. The Morgan fingerprint density at radius 2 is 2.20 bits per heavy atom. The van der Waals surface area contributed by atoms with E-state index in [1.54, 1.807) is 0 Å². The SMILES string of the molecule is CCCC1CN(Cc2c(C(F)(F)F)nc3sc(COC)nn23)C(=O)N1. The van der Waals surface area contributed by atoms with E-state index in [2.05, 4.69) is 15.4 Å². The first-order chi connectivity index (χ1) is 11.8. The molecule has 1 fully saturated rings. The van der Waals surface area contributed by atoms with Gasteiger partial charge in [-0.1, -0.05) is 24.7 Å². The molecule has 25 heavy (non-hydrogen) atoms. The van der Waals surface area contributed by atoms with Crippen molar-refractivity contribution in [2.75, 3.05) is 13.7 Å². The zero-order valence-corrected chi connectivity index (χ0v) is 14.6. The summed E-state index contributed by atoms with van der Waals surface area (Å²) in [5, 5.41) is 7.46. The lowest BCUT2D eigenvalue weighted by Crippen LogP contribution is -2.29. The van der Waals surface area contributed by atoms with Crippen molar-refractivity contribution in [3.8, 4) is 0 Å². The summed E-state index contributed by atoms with van der Waals surface area (Å²) in [6.07, 6.45) is -2.94. The molecule has 138 valence electrons. The van der Waals surface area contributed by atoms with Crippen molar-refractivity contribution in [1.82, 2.24) is 24.8 Å². The number of ether oxygens (including phenoxy) is 1. The van der Waals surface area contributed by atoms with Gasteiger partial charge in [0.05, 0.1) is 18.8 Å². The van der Waals surface area contributed by atoms with E-state index in [1.807, 2.05) is 6.92 Å². The van der Waals surface area contributed by atoms with Crippen LogP contribution >= 0.6 is 11.3 Å². The summed E-state index contributed by atoms with van der Waals surface area (Å²) in [6, 6.07) is -0.413. The van der Waals surface area contributed by atoms with Crippen LogP contribution in [-0.2, 0) is 24.1 Å². The number of methoxy groups -OCH3 is 1. The summed E-state index contributed by atoms with van der Waals surface area (Å²) in [6.45, 7) is 2.35.